The van der Waals surface area contributed by atoms with Crippen LogP contribution in [-0.4, -0.2) is 27.8 Å². The molecule has 0 aromatic carbocycles. The molecule has 1 aliphatic rings. The van der Waals surface area contributed by atoms with Gasteiger partial charge in [0.15, 0.2) is 5.82 Å². The summed E-state index contributed by atoms with van der Waals surface area (Å²) in [6.07, 6.45) is 6.00. The molecule has 6 nitrogen and oxygen atoms in total. The number of furan rings is 1. The first-order valence-electron chi connectivity index (χ1n) is 8.03. The van der Waals surface area contributed by atoms with E-state index in [-0.39, 0.29) is 0 Å². The Bertz CT molecular complexity index is 559. The van der Waals surface area contributed by atoms with E-state index in [1.54, 1.807) is 18.4 Å². The molecule has 2 aromatic rings. The zero-order valence-corrected chi connectivity index (χ0v) is 12.9. The summed E-state index contributed by atoms with van der Waals surface area (Å²) in [5.41, 5.74) is 0. The number of aliphatic hydroxyl groups excluding tert-OH is 1. The van der Waals surface area contributed by atoms with Crippen LogP contribution in [-0.2, 0) is 6.42 Å². The average Bonchev–Trinajstić information content (AvgIpc) is 3.24. The van der Waals surface area contributed by atoms with Crippen molar-refractivity contribution in [3.63, 3.8) is 0 Å². The van der Waals surface area contributed by atoms with Crippen molar-refractivity contribution >= 4 is 0 Å². The minimum atomic E-state index is -0.587. The molecule has 0 saturated heterocycles. The molecule has 3 rings (SSSR count). The fourth-order valence-corrected chi connectivity index (χ4v) is 2.98. The Kier molecular flexibility index (Phi) is 4.90. The zero-order valence-electron chi connectivity index (χ0n) is 12.9. The number of hydrogen-bond acceptors (Lipinski definition) is 6. The van der Waals surface area contributed by atoms with Gasteiger partial charge in [-0.25, -0.2) is 0 Å². The molecule has 1 aliphatic carbocycles. The number of aromatic nitrogens is 2. The highest BCUT2D eigenvalue weighted by Gasteiger charge is 2.26. The van der Waals surface area contributed by atoms with Crippen molar-refractivity contribution in [3.8, 4) is 0 Å². The maximum absolute atomic E-state index is 10.0. The second kappa shape index (κ2) is 7.07. The van der Waals surface area contributed by atoms with Crippen molar-refractivity contribution in [2.75, 3.05) is 6.54 Å². The van der Waals surface area contributed by atoms with Crippen molar-refractivity contribution in [1.82, 2.24) is 15.5 Å². The third-order valence-electron chi connectivity index (χ3n) is 4.35. The van der Waals surface area contributed by atoms with Gasteiger partial charge in [-0.1, -0.05) is 12.1 Å². The molecule has 2 N–H and O–H groups in total. The van der Waals surface area contributed by atoms with Crippen LogP contribution in [0.15, 0.2) is 27.3 Å². The molecule has 120 valence electrons. The number of nitrogens with one attached hydrogen (secondary N) is 1. The number of aryl methyl sites for hydroxylation is 1. The van der Waals surface area contributed by atoms with Crippen LogP contribution in [0.25, 0.3) is 0 Å². The van der Waals surface area contributed by atoms with Gasteiger partial charge in [0, 0.05) is 24.9 Å². The van der Waals surface area contributed by atoms with E-state index in [1.807, 2.05) is 6.92 Å². The molecule has 6 heteroatoms. The Balaban J connectivity index is 1.43. The summed E-state index contributed by atoms with van der Waals surface area (Å²) in [5, 5.41) is 17.4. The van der Waals surface area contributed by atoms with E-state index in [0.717, 1.165) is 43.8 Å². The number of rotatable bonds is 6. The average molecular weight is 305 g/mol. The van der Waals surface area contributed by atoms with Crippen LogP contribution < -0.4 is 5.32 Å². The lowest BCUT2D eigenvalue weighted by atomic mass is 9.86. The van der Waals surface area contributed by atoms with E-state index in [9.17, 15) is 5.11 Å². The fraction of sp³-hybridized carbons (Fsp3) is 0.625. The summed E-state index contributed by atoms with van der Waals surface area (Å²) in [5.74, 6) is 2.56. The minimum absolute atomic E-state index is 0.376. The zero-order chi connectivity index (χ0) is 15.4. The van der Waals surface area contributed by atoms with E-state index >= 15 is 0 Å². The lowest BCUT2D eigenvalue weighted by Gasteiger charge is -2.27. The maximum Gasteiger partial charge on any atom is 0.229 e. The largest absolute Gasteiger partial charge is 0.467 e. The van der Waals surface area contributed by atoms with Crippen LogP contribution in [0.1, 0.15) is 62.1 Å². The van der Waals surface area contributed by atoms with Gasteiger partial charge in [0.25, 0.3) is 0 Å². The minimum Gasteiger partial charge on any atom is -0.467 e. The summed E-state index contributed by atoms with van der Waals surface area (Å²) in [7, 11) is 0. The molecule has 1 atom stereocenters. The van der Waals surface area contributed by atoms with Gasteiger partial charge in [-0.15, -0.1) is 0 Å². The van der Waals surface area contributed by atoms with E-state index < -0.39 is 6.10 Å². The second-order valence-electron chi connectivity index (χ2n) is 5.89. The normalized spacial score (nSPS) is 23.5. The standard InChI is InChI=1S/C16H23N3O3/c1-2-15-18-16(22-19-15)11-5-7-12(8-6-11)17-10-13(20)14-4-3-9-21-14/h3-4,9,11-13,17,20H,2,5-8,10H2,1H3. The van der Waals surface area contributed by atoms with E-state index in [2.05, 4.69) is 15.5 Å². The summed E-state index contributed by atoms with van der Waals surface area (Å²) in [4.78, 5) is 4.43. The van der Waals surface area contributed by atoms with Crippen molar-refractivity contribution in [1.29, 1.82) is 0 Å². The molecule has 1 saturated carbocycles. The molecular weight excluding hydrogens is 282 g/mol. The fourth-order valence-electron chi connectivity index (χ4n) is 2.98. The lowest BCUT2D eigenvalue weighted by Crippen LogP contribution is -2.35. The Morgan fingerprint density at radius 2 is 2.18 bits per heavy atom. The third kappa shape index (κ3) is 3.56. The van der Waals surface area contributed by atoms with Crippen molar-refractivity contribution in [2.24, 2.45) is 0 Å². The van der Waals surface area contributed by atoms with Crippen molar-refractivity contribution in [3.05, 3.63) is 35.9 Å². The molecule has 1 unspecified atom stereocenters. The van der Waals surface area contributed by atoms with E-state index in [1.165, 1.54) is 0 Å². The summed E-state index contributed by atoms with van der Waals surface area (Å²) >= 11 is 0. The SMILES string of the molecule is CCc1noc(C2CCC(NCC(O)c3ccco3)CC2)n1. The highest BCUT2D eigenvalue weighted by Crippen LogP contribution is 2.32. The predicted molar refractivity (Wildman–Crippen MR) is 80.3 cm³/mol. The Hall–Kier alpha value is -1.66. The predicted octanol–water partition coefficient (Wildman–Crippen LogP) is 2.57. The van der Waals surface area contributed by atoms with Gasteiger partial charge < -0.3 is 19.4 Å². The maximum atomic E-state index is 10.0. The smallest absolute Gasteiger partial charge is 0.229 e. The lowest BCUT2D eigenvalue weighted by molar-refractivity contribution is 0.139. The van der Waals surface area contributed by atoms with Gasteiger partial charge in [-0.3, -0.25) is 0 Å². The van der Waals surface area contributed by atoms with Crippen molar-refractivity contribution < 1.29 is 14.0 Å². The molecule has 0 amide bonds. The number of aliphatic hydroxyl groups is 1. The second-order valence-corrected chi connectivity index (χ2v) is 5.89. The molecule has 0 radical (unpaired) electrons. The Morgan fingerprint density at radius 3 is 2.82 bits per heavy atom. The molecule has 0 spiro atoms. The van der Waals surface area contributed by atoms with Crippen LogP contribution >= 0.6 is 0 Å². The molecule has 2 heterocycles. The first kappa shape index (κ1) is 15.2. The van der Waals surface area contributed by atoms with Crippen molar-refractivity contribution in [2.45, 2.75) is 57.1 Å². The molecule has 0 bridgehead atoms. The van der Waals surface area contributed by atoms with E-state index in [4.69, 9.17) is 8.94 Å². The molecule has 22 heavy (non-hydrogen) atoms. The van der Waals surface area contributed by atoms with Gasteiger partial charge in [0.05, 0.1) is 6.26 Å². The van der Waals surface area contributed by atoms with E-state index in [0.29, 0.717) is 24.3 Å². The van der Waals surface area contributed by atoms with Crippen LogP contribution in [0, 0.1) is 0 Å². The Labute approximate surface area is 129 Å². The monoisotopic (exact) mass is 305 g/mol. The quantitative estimate of drug-likeness (QED) is 0.853. The van der Waals surface area contributed by atoms with Crippen LogP contribution in [0.3, 0.4) is 0 Å². The van der Waals surface area contributed by atoms with Gasteiger partial charge in [-0.05, 0) is 37.8 Å². The first-order chi connectivity index (χ1) is 10.8. The summed E-state index contributed by atoms with van der Waals surface area (Å²) in [6.45, 7) is 2.54. The summed E-state index contributed by atoms with van der Waals surface area (Å²) in [6, 6.07) is 4.01. The highest BCUT2D eigenvalue weighted by molar-refractivity contribution is 5.02. The molecule has 2 aromatic heterocycles. The first-order valence-corrected chi connectivity index (χ1v) is 8.03. The van der Waals surface area contributed by atoms with Crippen LogP contribution in [0.2, 0.25) is 0 Å². The molecule has 1 fully saturated rings. The Morgan fingerprint density at radius 1 is 1.36 bits per heavy atom. The molecule has 0 aliphatic heterocycles. The van der Waals surface area contributed by atoms with Gasteiger partial charge in [0.2, 0.25) is 5.89 Å². The van der Waals surface area contributed by atoms with Crippen LogP contribution in [0.5, 0.6) is 0 Å². The summed E-state index contributed by atoms with van der Waals surface area (Å²) < 4.78 is 10.5. The highest BCUT2D eigenvalue weighted by atomic mass is 16.5. The van der Waals surface area contributed by atoms with Gasteiger partial charge in [-0.2, -0.15) is 4.98 Å². The van der Waals surface area contributed by atoms with Crippen LogP contribution in [0.4, 0.5) is 0 Å². The number of hydrogen-bond donors (Lipinski definition) is 2. The molecular formula is C16H23N3O3. The third-order valence-corrected chi connectivity index (χ3v) is 4.35. The van der Waals surface area contributed by atoms with Gasteiger partial charge >= 0.3 is 0 Å². The van der Waals surface area contributed by atoms with Gasteiger partial charge in [0.1, 0.15) is 11.9 Å². The number of nitrogens with zero attached hydrogens (tertiary/aromatic N) is 2. The topological polar surface area (TPSA) is 84.3 Å².